The number of hydrogen-bond acceptors (Lipinski definition) is 5. The van der Waals surface area contributed by atoms with Gasteiger partial charge in [-0.15, -0.1) is 13.2 Å². The van der Waals surface area contributed by atoms with E-state index in [0.717, 1.165) is 19.2 Å². The fourth-order valence-corrected chi connectivity index (χ4v) is 0.955. The Labute approximate surface area is 93.4 Å². The van der Waals surface area contributed by atoms with Crippen LogP contribution in [0, 0.1) is 11.3 Å². The molecule has 17 heavy (non-hydrogen) atoms. The van der Waals surface area contributed by atoms with Crippen molar-refractivity contribution >= 4 is 5.97 Å². The van der Waals surface area contributed by atoms with Gasteiger partial charge in [-0.05, 0) is 12.1 Å². The summed E-state index contributed by atoms with van der Waals surface area (Å²) in [4.78, 5) is 14.4. The topological polar surface area (TPSA) is 72.2 Å². The van der Waals surface area contributed by atoms with Gasteiger partial charge < -0.3 is 9.47 Å². The van der Waals surface area contributed by atoms with Crippen LogP contribution in [0.5, 0.6) is 5.88 Å². The summed E-state index contributed by atoms with van der Waals surface area (Å²) in [5.41, 5.74) is -0.819. The van der Waals surface area contributed by atoms with Crippen molar-refractivity contribution in [3.8, 4) is 11.9 Å². The molecule has 0 amide bonds. The highest BCUT2D eigenvalue weighted by Crippen LogP contribution is 2.25. The monoisotopic (exact) mass is 246 g/mol. The molecule has 0 saturated carbocycles. The van der Waals surface area contributed by atoms with Gasteiger partial charge in [0.15, 0.2) is 0 Å². The van der Waals surface area contributed by atoms with E-state index in [4.69, 9.17) is 5.26 Å². The lowest BCUT2D eigenvalue weighted by molar-refractivity contribution is -0.276. The number of carbonyl (C=O) groups is 1. The second-order valence-corrected chi connectivity index (χ2v) is 2.70. The van der Waals surface area contributed by atoms with Crippen molar-refractivity contribution < 1.29 is 27.4 Å². The standard InChI is InChI=1S/C9H5F3N2O3/c1-16-8(15)6-3-2-5(4-13)14-7(6)17-9(10,11)12/h2-3H,1H3. The van der Waals surface area contributed by atoms with Crippen molar-refractivity contribution in [2.75, 3.05) is 7.11 Å². The molecule has 90 valence electrons. The van der Waals surface area contributed by atoms with E-state index in [1.807, 2.05) is 0 Å². The number of esters is 1. The number of halogens is 3. The molecule has 0 aliphatic carbocycles. The summed E-state index contributed by atoms with van der Waals surface area (Å²) in [6.45, 7) is 0. The number of hydrogen-bond donors (Lipinski definition) is 0. The molecule has 1 rings (SSSR count). The molecule has 1 heterocycles. The summed E-state index contributed by atoms with van der Waals surface area (Å²) in [6, 6.07) is 3.58. The van der Waals surface area contributed by atoms with E-state index in [1.165, 1.54) is 6.07 Å². The molecule has 1 aromatic heterocycles. The Bertz CT molecular complexity index is 479. The van der Waals surface area contributed by atoms with Gasteiger partial charge in [0.05, 0.1) is 7.11 Å². The first kappa shape index (κ1) is 12.8. The molecule has 0 aliphatic rings. The molecule has 0 bridgehead atoms. The maximum absolute atomic E-state index is 12.0. The number of methoxy groups -OCH3 is 1. The fourth-order valence-electron chi connectivity index (χ4n) is 0.955. The third-order valence-electron chi connectivity index (χ3n) is 1.59. The second kappa shape index (κ2) is 4.69. The summed E-state index contributed by atoms with van der Waals surface area (Å²) >= 11 is 0. The minimum absolute atomic E-state index is 0.308. The average Bonchev–Trinajstić information content (AvgIpc) is 2.25. The Morgan fingerprint density at radius 1 is 1.47 bits per heavy atom. The van der Waals surface area contributed by atoms with E-state index >= 15 is 0 Å². The van der Waals surface area contributed by atoms with Crippen LogP contribution in [0.2, 0.25) is 0 Å². The highest BCUT2D eigenvalue weighted by molar-refractivity contribution is 5.91. The minimum atomic E-state index is -5.01. The van der Waals surface area contributed by atoms with Gasteiger partial charge in [-0.2, -0.15) is 5.26 Å². The van der Waals surface area contributed by atoms with Gasteiger partial charge in [0.1, 0.15) is 17.3 Å². The molecule has 0 radical (unpaired) electrons. The summed E-state index contributed by atoms with van der Waals surface area (Å²) in [5.74, 6) is -2.05. The van der Waals surface area contributed by atoms with Gasteiger partial charge in [0.25, 0.3) is 0 Å². The smallest absolute Gasteiger partial charge is 0.465 e. The number of ether oxygens (including phenoxy) is 2. The zero-order valence-electron chi connectivity index (χ0n) is 8.41. The number of aromatic nitrogens is 1. The van der Waals surface area contributed by atoms with Gasteiger partial charge in [0, 0.05) is 0 Å². The van der Waals surface area contributed by atoms with Crippen LogP contribution < -0.4 is 4.74 Å². The van der Waals surface area contributed by atoms with Crippen LogP contribution in [0.1, 0.15) is 16.1 Å². The predicted octanol–water partition coefficient (Wildman–Crippen LogP) is 1.64. The zero-order valence-corrected chi connectivity index (χ0v) is 8.41. The Balaban J connectivity index is 3.22. The van der Waals surface area contributed by atoms with Crippen LogP contribution in [-0.4, -0.2) is 24.4 Å². The molecule has 0 N–H and O–H groups in total. The van der Waals surface area contributed by atoms with Crippen molar-refractivity contribution in [1.29, 1.82) is 5.26 Å². The van der Waals surface area contributed by atoms with E-state index in [1.54, 1.807) is 0 Å². The normalized spacial score (nSPS) is 10.5. The molecule has 0 aliphatic heterocycles. The van der Waals surface area contributed by atoms with Crippen molar-refractivity contribution in [2.24, 2.45) is 0 Å². The molecule has 1 aromatic rings. The van der Waals surface area contributed by atoms with E-state index < -0.39 is 23.8 Å². The molecule has 0 aromatic carbocycles. The summed E-state index contributed by atoms with van der Waals surface area (Å²) in [6.07, 6.45) is -5.01. The van der Waals surface area contributed by atoms with Crippen LogP contribution in [0.25, 0.3) is 0 Å². The Morgan fingerprint density at radius 3 is 2.59 bits per heavy atom. The van der Waals surface area contributed by atoms with E-state index in [2.05, 4.69) is 14.5 Å². The third kappa shape index (κ3) is 3.34. The lowest BCUT2D eigenvalue weighted by Gasteiger charge is -2.10. The maximum atomic E-state index is 12.0. The van der Waals surface area contributed by atoms with Crippen molar-refractivity contribution in [2.45, 2.75) is 6.36 Å². The Kier molecular flexibility index (Phi) is 3.52. The molecule has 0 saturated heterocycles. The maximum Gasteiger partial charge on any atom is 0.574 e. The molecule has 0 fully saturated rings. The summed E-state index contributed by atoms with van der Waals surface area (Å²) in [5, 5.41) is 8.48. The van der Waals surface area contributed by atoms with Crippen LogP contribution in [0.3, 0.4) is 0 Å². The molecule has 0 atom stereocenters. The number of pyridine rings is 1. The molecular weight excluding hydrogens is 241 g/mol. The van der Waals surface area contributed by atoms with Crippen molar-refractivity contribution in [3.63, 3.8) is 0 Å². The first-order valence-corrected chi connectivity index (χ1v) is 4.12. The van der Waals surface area contributed by atoms with Gasteiger partial charge in [-0.1, -0.05) is 0 Å². The molecular formula is C9H5F3N2O3. The van der Waals surface area contributed by atoms with Crippen LogP contribution in [0.4, 0.5) is 13.2 Å². The molecule has 0 unspecified atom stereocenters. The predicted molar refractivity (Wildman–Crippen MR) is 47.0 cm³/mol. The van der Waals surface area contributed by atoms with Crippen LogP contribution in [0.15, 0.2) is 12.1 Å². The van der Waals surface area contributed by atoms with Gasteiger partial charge >= 0.3 is 12.3 Å². The number of nitrogens with zero attached hydrogens (tertiary/aromatic N) is 2. The highest BCUT2D eigenvalue weighted by Gasteiger charge is 2.34. The molecule has 8 heteroatoms. The highest BCUT2D eigenvalue weighted by atomic mass is 19.4. The first-order chi connectivity index (χ1) is 7.87. The molecule has 0 spiro atoms. The summed E-state index contributed by atoms with van der Waals surface area (Å²) < 4.78 is 43.9. The van der Waals surface area contributed by atoms with Crippen molar-refractivity contribution in [3.05, 3.63) is 23.4 Å². The fraction of sp³-hybridized carbons (Fsp3) is 0.222. The van der Waals surface area contributed by atoms with Gasteiger partial charge in [0.2, 0.25) is 5.88 Å². The van der Waals surface area contributed by atoms with Gasteiger partial charge in [-0.25, -0.2) is 9.78 Å². The second-order valence-electron chi connectivity index (χ2n) is 2.70. The number of alkyl halides is 3. The number of rotatable bonds is 2. The van der Waals surface area contributed by atoms with Crippen LogP contribution in [-0.2, 0) is 4.74 Å². The first-order valence-electron chi connectivity index (χ1n) is 4.12. The quantitative estimate of drug-likeness (QED) is 0.741. The summed E-state index contributed by atoms with van der Waals surface area (Å²) in [7, 11) is 0.998. The average molecular weight is 246 g/mol. The zero-order chi connectivity index (χ0) is 13.1. The van der Waals surface area contributed by atoms with Crippen LogP contribution >= 0.6 is 0 Å². The van der Waals surface area contributed by atoms with E-state index in [0.29, 0.717) is 0 Å². The SMILES string of the molecule is COC(=O)c1ccc(C#N)nc1OC(F)(F)F. The minimum Gasteiger partial charge on any atom is -0.465 e. The van der Waals surface area contributed by atoms with Crippen molar-refractivity contribution in [1.82, 2.24) is 4.98 Å². The Morgan fingerprint density at radius 2 is 2.12 bits per heavy atom. The lowest BCUT2D eigenvalue weighted by atomic mass is 10.2. The number of carbonyl (C=O) groups excluding carboxylic acids is 1. The lowest BCUT2D eigenvalue weighted by Crippen LogP contribution is -2.20. The van der Waals surface area contributed by atoms with Gasteiger partial charge in [-0.3, -0.25) is 0 Å². The van der Waals surface area contributed by atoms with E-state index in [9.17, 15) is 18.0 Å². The largest absolute Gasteiger partial charge is 0.574 e. The van der Waals surface area contributed by atoms with E-state index in [-0.39, 0.29) is 5.69 Å². The Hall–Kier alpha value is -2.30. The third-order valence-corrected chi connectivity index (χ3v) is 1.59. The molecule has 5 nitrogen and oxygen atoms in total. The number of nitriles is 1.